The van der Waals surface area contributed by atoms with Gasteiger partial charge in [-0.2, -0.15) is 0 Å². The maximum atomic E-state index is 11.7. The summed E-state index contributed by atoms with van der Waals surface area (Å²) in [5, 5.41) is 0. The van der Waals surface area contributed by atoms with Crippen LogP contribution in [0, 0.1) is 0 Å². The van der Waals surface area contributed by atoms with E-state index in [9.17, 15) is 4.79 Å². The number of nitrogen functional groups attached to an aromatic ring is 1. The number of hydrogen-bond acceptors (Lipinski definition) is 6. The van der Waals surface area contributed by atoms with Gasteiger partial charge >= 0.3 is 5.97 Å². The molecule has 2 atom stereocenters. The molecule has 1 heterocycles. The van der Waals surface area contributed by atoms with Crippen LogP contribution in [-0.2, 0) is 14.2 Å². The molecule has 6 nitrogen and oxygen atoms in total. The molecule has 0 saturated carbocycles. The molecule has 2 rings (SSSR count). The maximum Gasteiger partial charge on any atom is 0.340 e. The SMILES string of the molecule is COC(=O)c1cccc(N2CC(OC)C(OC)C2)c1N. The molecular weight excluding hydrogens is 260 g/mol. The van der Waals surface area contributed by atoms with Crippen molar-refractivity contribution < 1.29 is 19.0 Å². The number of para-hydroxylation sites is 1. The molecule has 1 aromatic carbocycles. The Bertz CT molecular complexity index is 480. The third-order valence-electron chi connectivity index (χ3n) is 3.65. The maximum absolute atomic E-state index is 11.7. The lowest BCUT2D eigenvalue weighted by Crippen LogP contribution is -2.27. The van der Waals surface area contributed by atoms with Crippen LogP contribution < -0.4 is 10.6 Å². The smallest absolute Gasteiger partial charge is 0.340 e. The highest BCUT2D eigenvalue weighted by molar-refractivity contribution is 5.98. The third kappa shape index (κ3) is 2.57. The number of methoxy groups -OCH3 is 3. The highest BCUT2D eigenvalue weighted by Crippen LogP contribution is 2.31. The van der Waals surface area contributed by atoms with Crippen molar-refractivity contribution in [3.8, 4) is 0 Å². The number of carbonyl (C=O) groups excluding carboxylic acids is 1. The molecule has 20 heavy (non-hydrogen) atoms. The van der Waals surface area contributed by atoms with Crippen molar-refractivity contribution in [1.29, 1.82) is 0 Å². The van der Waals surface area contributed by atoms with E-state index in [2.05, 4.69) is 4.90 Å². The van der Waals surface area contributed by atoms with Crippen LogP contribution in [0.1, 0.15) is 10.4 Å². The number of rotatable bonds is 4. The van der Waals surface area contributed by atoms with Crippen LogP contribution in [-0.4, -0.2) is 52.6 Å². The lowest BCUT2D eigenvalue weighted by Gasteiger charge is -2.21. The van der Waals surface area contributed by atoms with Gasteiger partial charge in [-0.3, -0.25) is 0 Å². The number of hydrogen-bond donors (Lipinski definition) is 1. The third-order valence-corrected chi connectivity index (χ3v) is 3.65. The monoisotopic (exact) mass is 280 g/mol. The van der Waals surface area contributed by atoms with Crippen molar-refractivity contribution in [3.63, 3.8) is 0 Å². The van der Waals surface area contributed by atoms with Crippen LogP contribution in [0.15, 0.2) is 18.2 Å². The number of anilines is 2. The summed E-state index contributed by atoms with van der Waals surface area (Å²) >= 11 is 0. The first-order chi connectivity index (χ1) is 9.62. The molecule has 1 aliphatic heterocycles. The summed E-state index contributed by atoms with van der Waals surface area (Å²) in [6, 6.07) is 5.33. The van der Waals surface area contributed by atoms with E-state index in [-0.39, 0.29) is 12.2 Å². The van der Waals surface area contributed by atoms with Crippen molar-refractivity contribution in [2.45, 2.75) is 12.2 Å². The highest BCUT2D eigenvalue weighted by atomic mass is 16.5. The summed E-state index contributed by atoms with van der Waals surface area (Å²) in [6.45, 7) is 1.34. The fraction of sp³-hybridized carbons (Fsp3) is 0.500. The zero-order valence-corrected chi connectivity index (χ0v) is 12.0. The Morgan fingerprint density at radius 2 is 1.80 bits per heavy atom. The summed E-state index contributed by atoms with van der Waals surface area (Å²) in [7, 11) is 4.66. The predicted molar refractivity (Wildman–Crippen MR) is 76.0 cm³/mol. The molecule has 0 spiro atoms. The van der Waals surface area contributed by atoms with Gasteiger partial charge in [-0.25, -0.2) is 4.79 Å². The van der Waals surface area contributed by atoms with E-state index >= 15 is 0 Å². The molecule has 1 saturated heterocycles. The van der Waals surface area contributed by atoms with E-state index in [1.165, 1.54) is 7.11 Å². The molecule has 0 amide bonds. The number of benzene rings is 1. The van der Waals surface area contributed by atoms with E-state index < -0.39 is 5.97 Å². The Hall–Kier alpha value is -1.79. The molecule has 1 aliphatic rings. The number of ether oxygens (including phenoxy) is 3. The van der Waals surface area contributed by atoms with Crippen LogP contribution >= 0.6 is 0 Å². The second kappa shape index (κ2) is 6.11. The van der Waals surface area contributed by atoms with E-state index in [4.69, 9.17) is 19.9 Å². The second-order valence-electron chi connectivity index (χ2n) is 4.68. The first-order valence-corrected chi connectivity index (χ1v) is 6.39. The lowest BCUT2D eigenvalue weighted by molar-refractivity contribution is -0.00461. The average Bonchev–Trinajstić information content (AvgIpc) is 2.89. The van der Waals surface area contributed by atoms with Crippen LogP contribution in [0.25, 0.3) is 0 Å². The fourth-order valence-corrected chi connectivity index (χ4v) is 2.51. The highest BCUT2D eigenvalue weighted by Gasteiger charge is 2.34. The molecule has 2 N–H and O–H groups in total. The van der Waals surface area contributed by atoms with Crippen molar-refractivity contribution in [3.05, 3.63) is 23.8 Å². The lowest BCUT2D eigenvalue weighted by atomic mass is 10.1. The zero-order valence-electron chi connectivity index (χ0n) is 12.0. The average molecular weight is 280 g/mol. The Labute approximate surface area is 118 Å². The molecule has 0 aliphatic carbocycles. The van der Waals surface area contributed by atoms with Gasteiger partial charge in [0, 0.05) is 27.3 Å². The van der Waals surface area contributed by atoms with Gasteiger partial charge in [-0.1, -0.05) is 6.07 Å². The Balaban J connectivity index is 2.28. The Kier molecular flexibility index (Phi) is 4.46. The minimum absolute atomic E-state index is 0.0128. The first-order valence-electron chi connectivity index (χ1n) is 6.39. The largest absolute Gasteiger partial charge is 0.465 e. The first kappa shape index (κ1) is 14.6. The van der Waals surface area contributed by atoms with Crippen molar-refractivity contribution in [1.82, 2.24) is 0 Å². The van der Waals surface area contributed by atoms with Gasteiger partial charge in [0.15, 0.2) is 0 Å². The molecule has 1 aromatic rings. The zero-order chi connectivity index (χ0) is 14.7. The van der Waals surface area contributed by atoms with Crippen LogP contribution in [0.4, 0.5) is 11.4 Å². The predicted octanol–water partition coefficient (Wildman–Crippen LogP) is 0.905. The minimum Gasteiger partial charge on any atom is -0.465 e. The molecule has 110 valence electrons. The standard InChI is InChI=1S/C14H20N2O4/c1-18-11-7-16(8-12(11)19-2)10-6-4-5-9(13(10)15)14(17)20-3/h4-6,11-12H,7-8,15H2,1-3H3. The Morgan fingerprint density at radius 1 is 1.20 bits per heavy atom. The Morgan fingerprint density at radius 3 is 2.30 bits per heavy atom. The second-order valence-corrected chi connectivity index (χ2v) is 4.68. The van der Waals surface area contributed by atoms with Gasteiger partial charge in [0.1, 0.15) is 12.2 Å². The summed E-state index contributed by atoms with van der Waals surface area (Å²) in [5.74, 6) is -0.435. The van der Waals surface area contributed by atoms with Gasteiger partial charge in [0.05, 0.1) is 24.0 Å². The molecule has 0 radical (unpaired) electrons. The summed E-state index contributed by atoms with van der Waals surface area (Å²) < 4.78 is 15.5. The van der Waals surface area contributed by atoms with E-state index in [0.717, 1.165) is 5.69 Å². The van der Waals surface area contributed by atoms with Gasteiger partial charge in [0.25, 0.3) is 0 Å². The molecular formula is C14H20N2O4. The topological polar surface area (TPSA) is 74.0 Å². The van der Waals surface area contributed by atoms with E-state index in [1.807, 2.05) is 6.07 Å². The van der Waals surface area contributed by atoms with Crippen LogP contribution in [0.3, 0.4) is 0 Å². The molecule has 2 unspecified atom stereocenters. The molecule has 1 fully saturated rings. The van der Waals surface area contributed by atoms with Gasteiger partial charge in [0.2, 0.25) is 0 Å². The fourth-order valence-electron chi connectivity index (χ4n) is 2.51. The van der Waals surface area contributed by atoms with Crippen LogP contribution in [0.5, 0.6) is 0 Å². The van der Waals surface area contributed by atoms with Crippen LogP contribution in [0.2, 0.25) is 0 Å². The van der Waals surface area contributed by atoms with Gasteiger partial charge < -0.3 is 24.8 Å². The van der Waals surface area contributed by atoms with Crippen molar-refractivity contribution in [2.24, 2.45) is 0 Å². The summed E-state index contributed by atoms with van der Waals surface area (Å²) in [4.78, 5) is 13.7. The summed E-state index contributed by atoms with van der Waals surface area (Å²) in [5.41, 5.74) is 7.69. The minimum atomic E-state index is -0.435. The number of nitrogens with two attached hydrogens (primary N) is 1. The van der Waals surface area contributed by atoms with Crippen molar-refractivity contribution >= 4 is 17.3 Å². The number of nitrogens with zero attached hydrogens (tertiary/aromatic N) is 1. The molecule has 6 heteroatoms. The van der Waals surface area contributed by atoms with Gasteiger partial charge in [-0.15, -0.1) is 0 Å². The van der Waals surface area contributed by atoms with Crippen molar-refractivity contribution in [2.75, 3.05) is 45.1 Å². The molecule has 0 aromatic heterocycles. The van der Waals surface area contributed by atoms with E-state index in [1.54, 1.807) is 26.4 Å². The number of esters is 1. The quantitative estimate of drug-likeness (QED) is 0.652. The number of carbonyl (C=O) groups is 1. The summed E-state index contributed by atoms with van der Waals surface area (Å²) in [6.07, 6.45) is -0.0256. The molecule has 0 bridgehead atoms. The van der Waals surface area contributed by atoms with Gasteiger partial charge in [-0.05, 0) is 12.1 Å². The normalized spacial score (nSPS) is 22.1. The van der Waals surface area contributed by atoms with E-state index in [0.29, 0.717) is 24.3 Å².